The fraction of sp³-hybridized carbons (Fsp3) is 0.692. The molecule has 0 aromatic carbocycles. The number of hydrogen-bond donors (Lipinski definition) is 17. The summed E-state index contributed by atoms with van der Waals surface area (Å²) in [5.41, 5.74) is 22.1. The van der Waals surface area contributed by atoms with Gasteiger partial charge in [0.25, 0.3) is 0 Å². The van der Waals surface area contributed by atoms with E-state index in [-0.39, 0.29) is 63.5 Å². The number of aliphatic imine (C=N–C) groups is 1. The van der Waals surface area contributed by atoms with Crippen molar-refractivity contribution in [2.75, 3.05) is 19.6 Å². The summed E-state index contributed by atoms with van der Waals surface area (Å²) < 4.78 is 0. The van der Waals surface area contributed by atoms with Crippen LogP contribution in [0.2, 0.25) is 0 Å². The number of rotatable bonds is 40. The Morgan fingerprint density at radius 1 is 0.558 bits per heavy atom. The third-order valence-electron chi connectivity index (χ3n) is 13.8. The van der Waals surface area contributed by atoms with Crippen LogP contribution >= 0.6 is 0 Å². The van der Waals surface area contributed by atoms with Crippen molar-refractivity contribution in [2.45, 2.75) is 192 Å². The van der Waals surface area contributed by atoms with E-state index in [4.69, 9.17) is 28.0 Å². The lowest BCUT2D eigenvalue weighted by Gasteiger charge is -2.30. The number of likely N-dealkylation sites (tertiary alicyclic amines) is 1. The lowest BCUT2D eigenvalue weighted by Crippen LogP contribution is -2.62. The van der Waals surface area contributed by atoms with Gasteiger partial charge in [-0.05, 0) is 69.6 Å². The van der Waals surface area contributed by atoms with Crippen molar-refractivity contribution in [2.24, 2.45) is 45.7 Å². The predicted octanol–water partition coefficient (Wildman–Crippen LogP) is -5.32. The first-order chi connectivity index (χ1) is 40.1. The Morgan fingerprint density at radius 2 is 1.05 bits per heavy atom. The Kier molecular flexibility index (Phi) is 32.9. The van der Waals surface area contributed by atoms with Crippen LogP contribution in [0.1, 0.15) is 132 Å². The van der Waals surface area contributed by atoms with E-state index in [1.807, 2.05) is 5.32 Å². The summed E-state index contributed by atoms with van der Waals surface area (Å²) in [6.07, 6.45) is -2.77. The molecule has 21 N–H and O–H groups in total. The number of carbonyl (C=O) groups is 15. The normalized spacial score (nSPS) is 16.6. The Labute approximate surface area is 496 Å². The van der Waals surface area contributed by atoms with E-state index >= 15 is 0 Å². The minimum atomic E-state index is -1.95. The van der Waals surface area contributed by atoms with Crippen LogP contribution < -0.4 is 70.8 Å². The molecule has 86 heavy (non-hydrogen) atoms. The second-order valence-electron chi connectivity index (χ2n) is 21.4. The van der Waals surface area contributed by atoms with Gasteiger partial charge in [0.15, 0.2) is 5.96 Å². The van der Waals surface area contributed by atoms with Gasteiger partial charge in [-0.3, -0.25) is 72.1 Å². The largest absolute Gasteiger partial charge is 0.481 e. The molecule has 0 aliphatic carbocycles. The number of nitrogens with one attached hydrogen (secondary N) is 9. The van der Waals surface area contributed by atoms with Crippen LogP contribution in [0.5, 0.6) is 0 Å². The van der Waals surface area contributed by atoms with Crippen molar-refractivity contribution in [3.05, 3.63) is 0 Å². The van der Waals surface area contributed by atoms with Crippen molar-refractivity contribution >= 4 is 94.8 Å². The molecule has 0 radical (unpaired) electrons. The highest BCUT2D eigenvalue weighted by molar-refractivity contribution is 6.00. The molecule has 0 bridgehead atoms. The predicted molar refractivity (Wildman–Crippen MR) is 303 cm³/mol. The number of primary amides is 1. The molecule has 1 rings (SSSR count). The Morgan fingerprint density at radius 3 is 1.52 bits per heavy atom. The Hall–Kier alpha value is -8.72. The smallest absolute Gasteiger partial charge is 0.326 e. The first-order valence-corrected chi connectivity index (χ1v) is 28.1. The minimum absolute atomic E-state index is 0.0105. The highest BCUT2D eigenvalue weighted by Gasteiger charge is 2.40. The van der Waals surface area contributed by atoms with E-state index in [1.54, 1.807) is 34.6 Å². The SMILES string of the molecule is CC[C@H](C)[C@H](NC(=O)[C@H](CC(N)=O)NC(=O)[C@@H](NC(=O)[C@H](CC(C)C)NC(=O)CNC(=O)[C@H](C)NC(=O)[C@@H]1CCCN1C(=O)[C@H](CCC(=O)O)NC(=O)[C@@H](N)CCCN=C(N)N)[C@@H](C)CC)C(=O)N[C@@H](CC(=O)O)C(=O)N[C@@H](CCC(=O)O)C(=O)O. The third kappa shape index (κ3) is 27.3. The fourth-order valence-corrected chi connectivity index (χ4v) is 8.63. The van der Waals surface area contributed by atoms with Gasteiger partial charge in [0, 0.05) is 25.9 Å². The van der Waals surface area contributed by atoms with Crippen molar-refractivity contribution in [1.82, 2.24) is 52.8 Å². The van der Waals surface area contributed by atoms with E-state index in [9.17, 15) is 87.2 Å². The van der Waals surface area contributed by atoms with E-state index in [2.05, 4.69) is 47.5 Å². The van der Waals surface area contributed by atoms with Gasteiger partial charge in [-0.1, -0.05) is 54.4 Å². The van der Waals surface area contributed by atoms with E-state index in [0.717, 1.165) is 0 Å². The van der Waals surface area contributed by atoms with Crippen molar-refractivity contribution in [1.29, 1.82) is 0 Å². The lowest BCUT2D eigenvalue weighted by atomic mass is 9.95. The summed E-state index contributed by atoms with van der Waals surface area (Å²) in [5, 5.41) is 58.7. The lowest BCUT2D eigenvalue weighted by molar-refractivity contribution is -0.144. The van der Waals surface area contributed by atoms with Gasteiger partial charge in [0.1, 0.15) is 54.4 Å². The van der Waals surface area contributed by atoms with Crippen molar-refractivity contribution in [3.8, 4) is 0 Å². The summed E-state index contributed by atoms with van der Waals surface area (Å²) in [5.74, 6) is -18.5. The molecule has 0 aromatic rings. The molecule has 1 fully saturated rings. The number of nitrogens with two attached hydrogens (primary N) is 4. The molecule has 0 aromatic heterocycles. The number of aliphatic carboxylic acids is 4. The molecular formula is C52H87N15O19. The molecule has 0 spiro atoms. The molecule has 12 atom stereocenters. The molecule has 484 valence electrons. The van der Waals surface area contributed by atoms with Crippen LogP contribution in [-0.4, -0.2) is 200 Å². The first kappa shape index (κ1) is 75.3. The average Bonchev–Trinajstić information content (AvgIpc) is 2.87. The number of guanidine groups is 1. The second-order valence-corrected chi connectivity index (χ2v) is 21.4. The molecule has 11 amide bonds. The van der Waals surface area contributed by atoms with Crippen LogP contribution in [0.4, 0.5) is 0 Å². The fourth-order valence-electron chi connectivity index (χ4n) is 8.63. The maximum absolute atomic E-state index is 14.1. The Bertz CT molecular complexity index is 2480. The first-order valence-electron chi connectivity index (χ1n) is 28.1. The van der Waals surface area contributed by atoms with Gasteiger partial charge in [-0.2, -0.15) is 0 Å². The average molecular weight is 1230 g/mol. The van der Waals surface area contributed by atoms with Gasteiger partial charge >= 0.3 is 23.9 Å². The quantitative estimate of drug-likeness (QED) is 0.0155. The van der Waals surface area contributed by atoms with Crippen LogP contribution in [-0.2, 0) is 71.9 Å². The van der Waals surface area contributed by atoms with Crippen molar-refractivity contribution in [3.63, 3.8) is 0 Å². The summed E-state index contributed by atoms with van der Waals surface area (Å²) in [6.45, 7) is 10.6. The number of carboxylic acid groups (broad SMARTS) is 4. The number of hydrogen-bond acceptors (Lipinski definition) is 17. The second kappa shape index (κ2) is 37.6. The molecule has 34 nitrogen and oxygen atoms in total. The maximum atomic E-state index is 14.1. The van der Waals surface area contributed by atoms with E-state index in [1.165, 1.54) is 18.7 Å². The topological polar surface area (TPSA) is 565 Å². The zero-order valence-corrected chi connectivity index (χ0v) is 49.4. The van der Waals surface area contributed by atoms with E-state index in [0.29, 0.717) is 12.8 Å². The van der Waals surface area contributed by atoms with Gasteiger partial charge in [-0.15, -0.1) is 0 Å². The molecule has 1 saturated heterocycles. The zero-order valence-electron chi connectivity index (χ0n) is 49.4. The monoisotopic (exact) mass is 1230 g/mol. The van der Waals surface area contributed by atoms with Crippen LogP contribution in [0.15, 0.2) is 4.99 Å². The Balaban J connectivity index is 3.22. The van der Waals surface area contributed by atoms with Gasteiger partial charge in [0.2, 0.25) is 65.0 Å². The van der Waals surface area contributed by atoms with Crippen LogP contribution in [0, 0.1) is 17.8 Å². The molecule has 1 aliphatic heterocycles. The molecule has 34 heteroatoms. The van der Waals surface area contributed by atoms with Gasteiger partial charge < -0.3 is 96.1 Å². The minimum Gasteiger partial charge on any atom is -0.481 e. The summed E-state index contributed by atoms with van der Waals surface area (Å²) in [7, 11) is 0. The maximum Gasteiger partial charge on any atom is 0.326 e. The standard InChI is InChI=1S/C52H87N15O19/c1-8-25(5)40(48(82)63-32(21-35(54)68)46(80)66-41(26(6)9-2)49(83)64-33(22-39(74)75)44(78)62-30(51(85)86)15-17-38(72)73)65-45(79)31(20-24(3)4)60-36(69)23-58-42(76)27(7)59-47(81)34-13-11-19-67(34)50(84)29(14-16-37(70)71)61-43(77)28(53)12-10-18-57-52(55)56/h24-34,40-41H,8-23,53H2,1-7H3,(H2,54,68)(H,58,76)(H,59,81)(H,60,69)(H,61,77)(H,62,78)(H,63,82)(H,64,83)(H,65,79)(H,66,80)(H,70,71)(H,72,73)(H,74,75)(H,85,86)(H4,55,56,57)/t25-,26-,27-,28-,29-,30-,31-,32-,33-,34-,40-,41-/m0/s1. The number of amides is 11. The highest BCUT2D eigenvalue weighted by atomic mass is 16.4. The molecular weight excluding hydrogens is 1140 g/mol. The van der Waals surface area contributed by atoms with Crippen LogP contribution in [0.3, 0.4) is 0 Å². The molecule has 0 saturated carbocycles. The third-order valence-corrected chi connectivity index (χ3v) is 13.8. The summed E-state index contributed by atoms with van der Waals surface area (Å²) >= 11 is 0. The molecule has 0 unspecified atom stereocenters. The van der Waals surface area contributed by atoms with Crippen LogP contribution in [0.25, 0.3) is 0 Å². The number of nitrogens with zero attached hydrogens (tertiary/aromatic N) is 2. The van der Waals surface area contributed by atoms with Gasteiger partial charge in [0.05, 0.1) is 25.4 Å². The number of carbonyl (C=O) groups excluding carboxylic acids is 11. The summed E-state index contributed by atoms with van der Waals surface area (Å²) in [6, 6.07) is -14.9. The van der Waals surface area contributed by atoms with E-state index < -0.39 is 200 Å². The molecule has 1 heterocycles. The molecule has 1 aliphatic rings. The summed E-state index contributed by atoms with van der Waals surface area (Å²) in [4.78, 5) is 199. The zero-order chi connectivity index (χ0) is 65.7. The number of carboxylic acids is 4. The van der Waals surface area contributed by atoms with Gasteiger partial charge in [-0.25, -0.2) is 4.79 Å². The van der Waals surface area contributed by atoms with Crippen molar-refractivity contribution < 1.29 is 92.3 Å². The highest BCUT2D eigenvalue weighted by Crippen LogP contribution is 2.21.